The maximum atomic E-state index is 11.9. The van der Waals surface area contributed by atoms with E-state index in [9.17, 15) is 8.42 Å². The Bertz CT molecular complexity index is 635. The van der Waals surface area contributed by atoms with E-state index >= 15 is 0 Å². The SMILES string of the molecule is Cc1ccc(S(=O)(=O)OCc2cnc(Br)s2)cc1. The summed E-state index contributed by atoms with van der Waals surface area (Å²) in [5.41, 5.74) is 1.00. The molecule has 0 aliphatic heterocycles. The molecule has 0 spiro atoms. The van der Waals surface area contributed by atoms with Crippen molar-refractivity contribution in [2.45, 2.75) is 18.4 Å². The normalized spacial score (nSPS) is 11.7. The molecule has 1 aromatic carbocycles. The van der Waals surface area contributed by atoms with Gasteiger partial charge < -0.3 is 0 Å². The number of halogens is 1. The molecule has 0 fully saturated rings. The number of nitrogens with zero attached hydrogens (tertiary/aromatic N) is 1. The lowest BCUT2D eigenvalue weighted by molar-refractivity contribution is 0.311. The summed E-state index contributed by atoms with van der Waals surface area (Å²) in [5.74, 6) is 0. The van der Waals surface area contributed by atoms with Gasteiger partial charge in [-0.05, 0) is 35.0 Å². The molecule has 0 amide bonds. The van der Waals surface area contributed by atoms with Gasteiger partial charge >= 0.3 is 0 Å². The summed E-state index contributed by atoms with van der Waals surface area (Å²) in [7, 11) is -3.70. The number of benzene rings is 1. The quantitative estimate of drug-likeness (QED) is 0.797. The smallest absolute Gasteiger partial charge is 0.261 e. The molecule has 0 radical (unpaired) electrons. The van der Waals surface area contributed by atoms with Gasteiger partial charge in [-0.2, -0.15) is 8.42 Å². The number of aromatic nitrogens is 1. The summed E-state index contributed by atoms with van der Waals surface area (Å²) in [6.45, 7) is 1.89. The molecule has 0 bridgehead atoms. The first-order valence-electron chi connectivity index (χ1n) is 5.04. The van der Waals surface area contributed by atoms with Gasteiger partial charge in [-0.3, -0.25) is 4.18 Å². The fourth-order valence-electron chi connectivity index (χ4n) is 1.26. The second-order valence-corrected chi connectivity index (χ2v) is 7.62. The van der Waals surface area contributed by atoms with Crippen LogP contribution in [-0.2, 0) is 20.9 Å². The predicted octanol–water partition coefficient (Wildman–Crippen LogP) is 3.12. The van der Waals surface area contributed by atoms with E-state index in [0.29, 0.717) is 3.92 Å². The molecular formula is C11H10BrNO3S2. The first-order valence-corrected chi connectivity index (χ1v) is 8.05. The standard InChI is InChI=1S/C11H10BrNO3S2/c1-8-2-4-10(5-3-8)18(14,15)16-7-9-6-13-11(12)17-9/h2-6H,7H2,1H3. The molecule has 0 atom stereocenters. The molecule has 1 heterocycles. The van der Waals surface area contributed by atoms with Crippen molar-refractivity contribution in [2.75, 3.05) is 0 Å². The third-order valence-electron chi connectivity index (χ3n) is 2.19. The van der Waals surface area contributed by atoms with Gasteiger partial charge in [0.2, 0.25) is 0 Å². The lowest BCUT2D eigenvalue weighted by atomic mass is 10.2. The van der Waals surface area contributed by atoms with Crippen molar-refractivity contribution in [1.82, 2.24) is 4.98 Å². The van der Waals surface area contributed by atoms with Gasteiger partial charge in [0.25, 0.3) is 10.1 Å². The third kappa shape index (κ3) is 3.38. The summed E-state index contributed by atoms with van der Waals surface area (Å²) in [5, 5.41) is 0. The summed E-state index contributed by atoms with van der Waals surface area (Å²) in [6.07, 6.45) is 1.58. The van der Waals surface area contributed by atoms with Gasteiger partial charge in [-0.15, -0.1) is 11.3 Å². The fourth-order valence-corrected chi connectivity index (χ4v) is 3.49. The van der Waals surface area contributed by atoms with Crippen molar-refractivity contribution in [1.29, 1.82) is 0 Å². The number of rotatable bonds is 4. The van der Waals surface area contributed by atoms with E-state index in [1.54, 1.807) is 18.3 Å². The maximum absolute atomic E-state index is 11.9. The molecule has 0 aliphatic rings. The summed E-state index contributed by atoms with van der Waals surface area (Å²) >= 11 is 4.55. The first-order chi connectivity index (χ1) is 8.47. The Morgan fingerprint density at radius 2 is 2.00 bits per heavy atom. The van der Waals surface area contributed by atoms with Crippen LogP contribution in [0.3, 0.4) is 0 Å². The number of hydrogen-bond acceptors (Lipinski definition) is 5. The summed E-state index contributed by atoms with van der Waals surface area (Å²) < 4.78 is 29.4. The molecule has 2 aromatic rings. The lowest BCUT2D eigenvalue weighted by Crippen LogP contribution is -2.05. The van der Waals surface area contributed by atoms with Gasteiger partial charge in [0.05, 0.1) is 9.77 Å². The van der Waals surface area contributed by atoms with Crippen molar-refractivity contribution in [2.24, 2.45) is 0 Å². The zero-order valence-electron chi connectivity index (χ0n) is 9.46. The number of hydrogen-bond donors (Lipinski definition) is 0. The minimum Gasteiger partial charge on any atom is -0.261 e. The van der Waals surface area contributed by atoms with Crippen LogP contribution in [0.5, 0.6) is 0 Å². The van der Waals surface area contributed by atoms with Crippen LogP contribution >= 0.6 is 27.3 Å². The third-order valence-corrected chi connectivity index (χ3v) is 4.92. The minimum absolute atomic E-state index is 0.000519. The molecule has 1 aromatic heterocycles. The summed E-state index contributed by atoms with van der Waals surface area (Å²) in [6, 6.07) is 6.54. The van der Waals surface area contributed by atoms with Crippen molar-refractivity contribution in [3.63, 3.8) is 0 Å². The molecule has 0 aliphatic carbocycles. The van der Waals surface area contributed by atoms with Gasteiger partial charge in [0.15, 0.2) is 3.92 Å². The molecule has 18 heavy (non-hydrogen) atoms. The average molecular weight is 348 g/mol. The van der Waals surface area contributed by atoms with E-state index in [1.165, 1.54) is 23.5 Å². The van der Waals surface area contributed by atoms with E-state index in [4.69, 9.17) is 4.18 Å². The van der Waals surface area contributed by atoms with E-state index in [-0.39, 0.29) is 11.5 Å². The van der Waals surface area contributed by atoms with E-state index in [2.05, 4.69) is 20.9 Å². The second-order valence-electron chi connectivity index (χ2n) is 3.61. The molecule has 7 heteroatoms. The molecular weight excluding hydrogens is 338 g/mol. The Labute approximate surface area is 118 Å². The monoisotopic (exact) mass is 347 g/mol. The van der Waals surface area contributed by atoms with Crippen LogP contribution in [-0.4, -0.2) is 13.4 Å². The van der Waals surface area contributed by atoms with Crippen LogP contribution in [0.2, 0.25) is 0 Å². The van der Waals surface area contributed by atoms with Gasteiger partial charge in [0, 0.05) is 6.20 Å². The topological polar surface area (TPSA) is 56.3 Å². The largest absolute Gasteiger partial charge is 0.297 e. The van der Waals surface area contributed by atoms with Gasteiger partial charge in [-0.1, -0.05) is 17.7 Å². The molecule has 4 nitrogen and oxygen atoms in total. The van der Waals surface area contributed by atoms with Crippen molar-refractivity contribution in [3.8, 4) is 0 Å². The summed E-state index contributed by atoms with van der Waals surface area (Å²) in [4.78, 5) is 4.87. The highest BCUT2D eigenvalue weighted by Crippen LogP contribution is 2.21. The number of aryl methyl sites for hydroxylation is 1. The molecule has 0 saturated carbocycles. The Hall–Kier alpha value is -0.760. The van der Waals surface area contributed by atoms with Crippen molar-refractivity contribution < 1.29 is 12.6 Å². The van der Waals surface area contributed by atoms with Crippen LogP contribution in [0.4, 0.5) is 0 Å². The second kappa shape index (κ2) is 5.48. The predicted molar refractivity (Wildman–Crippen MR) is 73.0 cm³/mol. The zero-order valence-corrected chi connectivity index (χ0v) is 12.7. The van der Waals surface area contributed by atoms with Crippen molar-refractivity contribution >= 4 is 37.4 Å². The highest BCUT2D eigenvalue weighted by atomic mass is 79.9. The van der Waals surface area contributed by atoms with Crippen LogP contribution in [0, 0.1) is 6.92 Å². The van der Waals surface area contributed by atoms with Crippen LogP contribution in [0.15, 0.2) is 39.3 Å². The molecule has 96 valence electrons. The van der Waals surface area contributed by atoms with E-state index in [0.717, 1.165) is 10.4 Å². The Kier molecular flexibility index (Phi) is 4.16. The van der Waals surface area contributed by atoms with Gasteiger partial charge in [0.1, 0.15) is 6.61 Å². The zero-order chi connectivity index (χ0) is 13.2. The van der Waals surface area contributed by atoms with Crippen LogP contribution < -0.4 is 0 Å². The highest BCUT2D eigenvalue weighted by Gasteiger charge is 2.15. The van der Waals surface area contributed by atoms with Gasteiger partial charge in [-0.25, -0.2) is 4.98 Å². The fraction of sp³-hybridized carbons (Fsp3) is 0.182. The average Bonchev–Trinajstić information content (AvgIpc) is 2.73. The van der Waals surface area contributed by atoms with E-state index < -0.39 is 10.1 Å². The molecule has 0 N–H and O–H groups in total. The molecule has 0 unspecified atom stereocenters. The first kappa shape index (κ1) is 13.7. The Morgan fingerprint density at radius 3 is 2.56 bits per heavy atom. The Balaban J connectivity index is 2.10. The van der Waals surface area contributed by atoms with Crippen LogP contribution in [0.25, 0.3) is 0 Å². The van der Waals surface area contributed by atoms with E-state index in [1.807, 2.05) is 6.92 Å². The highest BCUT2D eigenvalue weighted by molar-refractivity contribution is 9.11. The number of thiazole rings is 1. The Morgan fingerprint density at radius 1 is 1.33 bits per heavy atom. The van der Waals surface area contributed by atoms with Crippen molar-refractivity contribution in [3.05, 3.63) is 44.8 Å². The lowest BCUT2D eigenvalue weighted by Gasteiger charge is -2.04. The maximum Gasteiger partial charge on any atom is 0.297 e. The molecule has 0 saturated heterocycles. The van der Waals surface area contributed by atoms with Crippen LogP contribution in [0.1, 0.15) is 10.4 Å². The minimum atomic E-state index is -3.70. The molecule has 2 rings (SSSR count).